The van der Waals surface area contributed by atoms with Crippen LogP contribution in [0.15, 0.2) is 138 Å². The quantitative estimate of drug-likeness (QED) is 0.0504. The predicted molar refractivity (Wildman–Crippen MR) is 242 cm³/mol. The summed E-state index contributed by atoms with van der Waals surface area (Å²) in [6.45, 7) is 13.6. The zero-order chi connectivity index (χ0) is 41.8. The number of hydrogen-bond acceptors (Lipinski definition) is 6. The second-order valence-electron chi connectivity index (χ2n) is 16.1. The number of benzene rings is 5. The van der Waals surface area contributed by atoms with E-state index in [4.69, 9.17) is 13.9 Å². The van der Waals surface area contributed by atoms with Gasteiger partial charge < -0.3 is 29.3 Å². The first-order valence-corrected chi connectivity index (χ1v) is 23.1. The summed E-state index contributed by atoms with van der Waals surface area (Å²) >= 11 is 0. The average Bonchev–Trinajstić information content (AvgIpc) is 3.22. The maximum atomic E-state index is 12.6. The van der Waals surface area contributed by atoms with Crippen molar-refractivity contribution < 1.29 is 23.8 Å². The van der Waals surface area contributed by atoms with E-state index in [0.717, 1.165) is 51.9 Å². The third kappa shape index (κ3) is 11.8. The van der Waals surface area contributed by atoms with Crippen LogP contribution in [0.4, 0.5) is 10.5 Å². The van der Waals surface area contributed by atoms with Gasteiger partial charge in [0.2, 0.25) is 5.56 Å². The Hall–Kier alpha value is -5.94. The van der Waals surface area contributed by atoms with Crippen molar-refractivity contribution in [3.05, 3.63) is 166 Å². The molecule has 1 heterocycles. The van der Waals surface area contributed by atoms with Gasteiger partial charge in [-0.1, -0.05) is 118 Å². The normalized spacial score (nSPS) is 12.4. The Balaban J connectivity index is 1.04. The molecule has 0 unspecified atom stereocenters. The molecule has 0 radical (unpaired) electrons. The third-order valence-electron chi connectivity index (χ3n) is 10.8. The SMILES string of the molecule is CC(C)(C)[Si](C)(C)O[C@@H](CNCCc1ccc(OCC/C=C/c2ccc(NC(=O)O)c(-c3ccccc3)c2)cc1)c1ccc(OCc2ccccc2)c2[nH]c(=O)ccc12. The molecule has 0 aliphatic carbocycles. The first-order valence-electron chi connectivity index (χ1n) is 20.2. The third-order valence-corrected chi connectivity index (χ3v) is 15.3. The highest BCUT2D eigenvalue weighted by atomic mass is 28.4. The number of aromatic amines is 1. The van der Waals surface area contributed by atoms with Crippen molar-refractivity contribution in [2.24, 2.45) is 0 Å². The van der Waals surface area contributed by atoms with Gasteiger partial charge in [0.15, 0.2) is 8.32 Å². The van der Waals surface area contributed by atoms with Gasteiger partial charge in [-0.05, 0) is 102 Å². The van der Waals surface area contributed by atoms with Crippen molar-refractivity contribution >= 4 is 37.1 Å². The summed E-state index contributed by atoms with van der Waals surface area (Å²) in [5.74, 6) is 1.44. The first kappa shape index (κ1) is 42.7. The number of anilines is 1. The van der Waals surface area contributed by atoms with E-state index in [9.17, 15) is 14.7 Å². The van der Waals surface area contributed by atoms with Crippen LogP contribution in [0, 0.1) is 0 Å². The van der Waals surface area contributed by atoms with E-state index >= 15 is 0 Å². The molecule has 6 rings (SSSR count). The second-order valence-corrected chi connectivity index (χ2v) is 20.9. The zero-order valence-corrected chi connectivity index (χ0v) is 35.6. The van der Waals surface area contributed by atoms with Crippen molar-refractivity contribution in [1.82, 2.24) is 10.3 Å². The summed E-state index contributed by atoms with van der Waals surface area (Å²) in [7, 11) is -2.19. The maximum Gasteiger partial charge on any atom is 0.409 e. The topological polar surface area (TPSA) is 122 Å². The van der Waals surface area contributed by atoms with Gasteiger partial charge in [-0.25, -0.2) is 4.79 Å². The van der Waals surface area contributed by atoms with Crippen LogP contribution < -0.4 is 25.7 Å². The van der Waals surface area contributed by atoms with Crippen LogP contribution in [-0.4, -0.2) is 44.2 Å². The van der Waals surface area contributed by atoms with Crippen LogP contribution in [0.5, 0.6) is 11.5 Å². The van der Waals surface area contributed by atoms with E-state index in [2.05, 4.69) is 73.8 Å². The summed E-state index contributed by atoms with van der Waals surface area (Å²) in [5.41, 5.74) is 7.04. The fourth-order valence-corrected chi connectivity index (χ4v) is 7.84. The number of amides is 1. The number of ether oxygens (including phenoxy) is 2. The van der Waals surface area contributed by atoms with Gasteiger partial charge in [0, 0.05) is 23.6 Å². The van der Waals surface area contributed by atoms with E-state index in [1.54, 1.807) is 12.1 Å². The van der Waals surface area contributed by atoms with Crippen LogP contribution in [0.1, 0.15) is 55.5 Å². The lowest BCUT2D eigenvalue weighted by atomic mass is 10.0. The Morgan fingerprint density at radius 1 is 0.847 bits per heavy atom. The smallest absolute Gasteiger partial charge is 0.409 e. The molecule has 59 heavy (non-hydrogen) atoms. The van der Waals surface area contributed by atoms with E-state index < -0.39 is 14.4 Å². The number of hydrogen-bond donors (Lipinski definition) is 4. The number of aromatic nitrogens is 1. The van der Waals surface area contributed by atoms with Crippen LogP contribution in [0.2, 0.25) is 18.1 Å². The van der Waals surface area contributed by atoms with E-state index in [-0.39, 0.29) is 16.7 Å². The van der Waals surface area contributed by atoms with Gasteiger partial charge in [0.1, 0.15) is 18.1 Å². The molecular formula is C49H55N3O6Si. The zero-order valence-electron chi connectivity index (χ0n) is 34.6. The van der Waals surface area contributed by atoms with Crippen molar-refractivity contribution in [3.8, 4) is 22.6 Å². The molecule has 1 amide bonds. The largest absolute Gasteiger partial charge is 0.493 e. The Morgan fingerprint density at radius 3 is 2.29 bits per heavy atom. The Labute approximate surface area is 348 Å². The summed E-state index contributed by atoms with van der Waals surface area (Å²) in [5, 5.41) is 16.4. The lowest BCUT2D eigenvalue weighted by molar-refractivity contribution is 0.182. The molecule has 0 bridgehead atoms. The van der Waals surface area contributed by atoms with Crippen LogP contribution in [0.25, 0.3) is 28.1 Å². The number of pyridine rings is 1. The molecule has 5 aromatic carbocycles. The van der Waals surface area contributed by atoms with Gasteiger partial charge in [-0.3, -0.25) is 10.1 Å². The van der Waals surface area contributed by atoms with E-state index in [0.29, 0.717) is 43.1 Å². The molecule has 1 atom stereocenters. The number of carbonyl (C=O) groups is 1. The number of carboxylic acid groups (broad SMARTS) is 1. The fourth-order valence-electron chi connectivity index (χ4n) is 6.56. The predicted octanol–water partition coefficient (Wildman–Crippen LogP) is 11.2. The minimum Gasteiger partial charge on any atom is -0.493 e. The number of fused-ring (bicyclic) bond motifs is 1. The number of nitrogens with one attached hydrogen (secondary N) is 3. The molecular weight excluding hydrogens is 755 g/mol. The number of rotatable bonds is 18. The van der Waals surface area contributed by atoms with Gasteiger partial charge in [0.25, 0.3) is 0 Å². The lowest BCUT2D eigenvalue weighted by Gasteiger charge is -2.39. The standard InChI is InChI=1S/C49H55N3O6Si/c1-49(2,3)59(4,5)58-45(40-24-27-44(47-41(40)25-28-46(53)52-47)57-34-37-15-8-6-9-16-37)33-50-30-29-35-19-22-39(23-20-35)56-31-13-12-14-36-21-26-43(51-48(54)55)42(32-36)38-17-10-7-11-18-38/h6-12,14-28,32,45,50-51H,13,29-31,33-34H2,1-5H3,(H,52,53)(H,54,55)/b14-12+/t45-/m0/s1. The Morgan fingerprint density at radius 2 is 1.58 bits per heavy atom. The molecule has 0 spiro atoms. The highest BCUT2D eigenvalue weighted by molar-refractivity contribution is 6.74. The van der Waals surface area contributed by atoms with E-state index in [1.165, 1.54) is 5.56 Å². The van der Waals surface area contributed by atoms with Crippen molar-refractivity contribution in [2.45, 2.75) is 64.5 Å². The van der Waals surface area contributed by atoms with E-state index in [1.807, 2.05) is 103 Å². The van der Waals surface area contributed by atoms with Gasteiger partial charge in [0.05, 0.1) is 23.9 Å². The minimum atomic E-state index is -2.19. The summed E-state index contributed by atoms with van der Waals surface area (Å²) in [6, 6.07) is 41.1. The van der Waals surface area contributed by atoms with Gasteiger partial charge in [-0.2, -0.15) is 0 Å². The fraction of sp³-hybridized carbons (Fsp3) is 0.265. The molecule has 306 valence electrons. The highest BCUT2D eigenvalue weighted by Crippen LogP contribution is 2.41. The average molecular weight is 810 g/mol. The minimum absolute atomic E-state index is 0.00961. The monoisotopic (exact) mass is 809 g/mol. The molecule has 0 saturated carbocycles. The molecule has 0 aliphatic heterocycles. The molecule has 9 nitrogen and oxygen atoms in total. The van der Waals surface area contributed by atoms with Crippen LogP contribution in [-0.2, 0) is 17.5 Å². The maximum absolute atomic E-state index is 12.6. The highest BCUT2D eigenvalue weighted by Gasteiger charge is 2.39. The lowest BCUT2D eigenvalue weighted by Crippen LogP contribution is -2.43. The molecule has 4 N–H and O–H groups in total. The Kier molecular flexibility index (Phi) is 14.2. The molecule has 1 aromatic heterocycles. The summed E-state index contributed by atoms with van der Waals surface area (Å²) in [4.78, 5) is 26.9. The molecule has 0 aliphatic rings. The first-order chi connectivity index (χ1) is 28.4. The summed E-state index contributed by atoms with van der Waals surface area (Å²) < 4.78 is 19.4. The molecule has 6 aromatic rings. The van der Waals surface area contributed by atoms with Crippen molar-refractivity contribution in [3.63, 3.8) is 0 Å². The second kappa shape index (κ2) is 19.7. The van der Waals surface area contributed by atoms with Gasteiger partial charge in [-0.15, -0.1) is 0 Å². The molecule has 10 heteroatoms. The van der Waals surface area contributed by atoms with Gasteiger partial charge >= 0.3 is 6.09 Å². The van der Waals surface area contributed by atoms with Crippen LogP contribution >= 0.6 is 0 Å². The summed E-state index contributed by atoms with van der Waals surface area (Å²) in [6.07, 6.45) is 4.31. The van der Waals surface area contributed by atoms with Crippen LogP contribution in [0.3, 0.4) is 0 Å². The molecule has 0 saturated heterocycles. The molecule has 0 fully saturated rings. The number of H-pyrrole nitrogens is 1. The Bertz CT molecular complexity index is 2390. The van der Waals surface area contributed by atoms with Crippen molar-refractivity contribution in [1.29, 1.82) is 0 Å². The van der Waals surface area contributed by atoms with Crippen molar-refractivity contribution in [2.75, 3.05) is 25.0 Å².